The third-order valence-corrected chi connectivity index (χ3v) is 2.18. The average Bonchev–Trinajstić information content (AvgIpc) is 2.16. The predicted octanol–water partition coefficient (Wildman–Crippen LogP) is 1.45. The van der Waals surface area contributed by atoms with Gasteiger partial charge in [0.2, 0.25) is 0 Å². The maximum Gasteiger partial charge on any atom is 0.136 e. The van der Waals surface area contributed by atoms with Crippen LogP contribution in [-0.2, 0) is 11.2 Å². The SMILES string of the molecule is Cc1ccccc1CCC(N)C=O. The lowest BCUT2D eigenvalue weighted by molar-refractivity contribution is -0.109. The fraction of sp³-hybridized carbons (Fsp3) is 0.364. The molecule has 0 aliphatic carbocycles. The molecule has 70 valence electrons. The maximum atomic E-state index is 10.3. The number of aldehydes is 1. The third-order valence-electron chi connectivity index (χ3n) is 2.18. The molecule has 1 rings (SSSR count). The van der Waals surface area contributed by atoms with E-state index in [1.807, 2.05) is 12.1 Å². The molecule has 1 aromatic rings. The van der Waals surface area contributed by atoms with Crippen molar-refractivity contribution in [2.24, 2.45) is 5.73 Å². The normalized spacial score (nSPS) is 12.5. The van der Waals surface area contributed by atoms with Gasteiger partial charge in [0.05, 0.1) is 6.04 Å². The first-order chi connectivity index (χ1) is 6.24. The zero-order valence-corrected chi connectivity index (χ0v) is 7.86. The Labute approximate surface area is 78.8 Å². The average molecular weight is 177 g/mol. The summed E-state index contributed by atoms with van der Waals surface area (Å²) in [4.78, 5) is 10.3. The number of hydrogen-bond acceptors (Lipinski definition) is 2. The minimum Gasteiger partial charge on any atom is -0.322 e. The van der Waals surface area contributed by atoms with Crippen LogP contribution in [0.2, 0.25) is 0 Å². The van der Waals surface area contributed by atoms with Gasteiger partial charge in [-0.25, -0.2) is 0 Å². The van der Waals surface area contributed by atoms with Crippen LogP contribution in [0.1, 0.15) is 17.5 Å². The van der Waals surface area contributed by atoms with Crippen molar-refractivity contribution in [3.63, 3.8) is 0 Å². The van der Waals surface area contributed by atoms with Crippen LogP contribution in [0.5, 0.6) is 0 Å². The van der Waals surface area contributed by atoms with E-state index in [-0.39, 0.29) is 6.04 Å². The zero-order chi connectivity index (χ0) is 9.68. The summed E-state index contributed by atoms with van der Waals surface area (Å²) < 4.78 is 0. The fourth-order valence-electron chi connectivity index (χ4n) is 1.28. The number of benzene rings is 1. The van der Waals surface area contributed by atoms with Crippen LogP contribution in [0.15, 0.2) is 24.3 Å². The Kier molecular flexibility index (Phi) is 3.65. The molecule has 1 aromatic carbocycles. The lowest BCUT2D eigenvalue weighted by Gasteiger charge is -2.06. The summed E-state index contributed by atoms with van der Waals surface area (Å²) in [7, 11) is 0. The Morgan fingerprint density at radius 1 is 1.46 bits per heavy atom. The van der Waals surface area contributed by atoms with Gasteiger partial charge in [0.25, 0.3) is 0 Å². The Bertz CT molecular complexity index is 283. The Morgan fingerprint density at radius 3 is 2.77 bits per heavy atom. The molecule has 13 heavy (non-hydrogen) atoms. The molecule has 0 aliphatic heterocycles. The van der Waals surface area contributed by atoms with Crippen molar-refractivity contribution in [3.8, 4) is 0 Å². The molecular formula is C11H15NO. The van der Waals surface area contributed by atoms with E-state index in [0.29, 0.717) is 0 Å². The largest absolute Gasteiger partial charge is 0.322 e. The summed E-state index contributed by atoms with van der Waals surface area (Å²) in [6, 6.07) is 7.85. The molecule has 1 atom stereocenters. The minimum absolute atomic E-state index is 0.320. The van der Waals surface area contributed by atoms with Crippen molar-refractivity contribution in [3.05, 3.63) is 35.4 Å². The molecule has 0 radical (unpaired) electrons. The van der Waals surface area contributed by atoms with Gasteiger partial charge in [-0.1, -0.05) is 24.3 Å². The van der Waals surface area contributed by atoms with Gasteiger partial charge in [-0.05, 0) is 30.9 Å². The van der Waals surface area contributed by atoms with E-state index >= 15 is 0 Å². The van der Waals surface area contributed by atoms with Gasteiger partial charge in [-0.2, -0.15) is 0 Å². The molecule has 0 amide bonds. The van der Waals surface area contributed by atoms with Crippen LogP contribution in [0.3, 0.4) is 0 Å². The molecule has 0 heterocycles. The number of carbonyl (C=O) groups is 1. The van der Waals surface area contributed by atoms with Crippen molar-refractivity contribution in [1.82, 2.24) is 0 Å². The summed E-state index contributed by atoms with van der Waals surface area (Å²) in [5, 5.41) is 0. The topological polar surface area (TPSA) is 43.1 Å². The Morgan fingerprint density at radius 2 is 2.15 bits per heavy atom. The second-order valence-electron chi connectivity index (χ2n) is 3.27. The van der Waals surface area contributed by atoms with Crippen LogP contribution in [0.4, 0.5) is 0 Å². The summed E-state index contributed by atoms with van der Waals surface area (Å²) in [6.45, 7) is 2.07. The fourth-order valence-corrected chi connectivity index (χ4v) is 1.28. The van der Waals surface area contributed by atoms with Crippen molar-refractivity contribution in [1.29, 1.82) is 0 Å². The van der Waals surface area contributed by atoms with Gasteiger partial charge in [0, 0.05) is 0 Å². The number of hydrogen-bond donors (Lipinski definition) is 1. The molecule has 2 nitrogen and oxygen atoms in total. The standard InChI is InChI=1S/C11H15NO/c1-9-4-2-3-5-10(9)6-7-11(12)8-13/h2-5,8,11H,6-7,12H2,1H3. The van der Waals surface area contributed by atoms with Gasteiger partial charge < -0.3 is 10.5 Å². The predicted molar refractivity (Wildman–Crippen MR) is 53.5 cm³/mol. The van der Waals surface area contributed by atoms with Gasteiger partial charge in [-0.3, -0.25) is 0 Å². The molecule has 1 unspecified atom stereocenters. The second-order valence-corrected chi connectivity index (χ2v) is 3.27. The molecule has 0 spiro atoms. The first kappa shape index (κ1) is 9.93. The van der Waals surface area contributed by atoms with E-state index in [0.717, 1.165) is 19.1 Å². The van der Waals surface area contributed by atoms with Crippen LogP contribution in [0, 0.1) is 6.92 Å². The van der Waals surface area contributed by atoms with E-state index in [1.165, 1.54) is 11.1 Å². The Balaban J connectivity index is 2.54. The molecule has 0 saturated heterocycles. The molecule has 0 saturated carbocycles. The van der Waals surface area contributed by atoms with E-state index in [9.17, 15) is 4.79 Å². The van der Waals surface area contributed by atoms with Gasteiger partial charge in [0.1, 0.15) is 6.29 Å². The smallest absolute Gasteiger partial charge is 0.136 e. The van der Waals surface area contributed by atoms with Crippen LogP contribution >= 0.6 is 0 Å². The van der Waals surface area contributed by atoms with Crippen LogP contribution in [-0.4, -0.2) is 12.3 Å². The zero-order valence-electron chi connectivity index (χ0n) is 7.86. The first-order valence-corrected chi connectivity index (χ1v) is 4.49. The molecule has 2 heteroatoms. The van der Waals surface area contributed by atoms with E-state index < -0.39 is 0 Å². The van der Waals surface area contributed by atoms with Gasteiger partial charge in [-0.15, -0.1) is 0 Å². The molecule has 0 aromatic heterocycles. The minimum atomic E-state index is -0.320. The highest BCUT2D eigenvalue weighted by Crippen LogP contribution is 2.09. The summed E-state index contributed by atoms with van der Waals surface area (Å²) in [6.07, 6.45) is 2.42. The summed E-state index contributed by atoms with van der Waals surface area (Å²) in [5.74, 6) is 0. The van der Waals surface area contributed by atoms with Crippen molar-refractivity contribution >= 4 is 6.29 Å². The van der Waals surface area contributed by atoms with Gasteiger partial charge >= 0.3 is 0 Å². The van der Waals surface area contributed by atoms with Crippen LogP contribution in [0.25, 0.3) is 0 Å². The molecule has 0 fully saturated rings. The van der Waals surface area contributed by atoms with Crippen molar-refractivity contribution < 1.29 is 4.79 Å². The first-order valence-electron chi connectivity index (χ1n) is 4.49. The number of aryl methyl sites for hydroxylation is 2. The molecule has 0 bridgehead atoms. The molecular weight excluding hydrogens is 162 g/mol. The maximum absolute atomic E-state index is 10.3. The Hall–Kier alpha value is -1.15. The molecule has 2 N–H and O–H groups in total. The van der Waals surface area contributed by atoms with Crippen molar-refractivity contribution in [2.75, 3.05) is 0 Å². The second kappa shape index (κ2) is 4.77. The quantitative estimate of drug-likeness (QED) is 0.707. The third kappa shape index (κ3) is 2.99. The highest BCUT2D eigenvalue weighted by molar-refractivity contribution is 5.56. The highest BCUT2D eigenvalue weighted by Gasteiger charge is 2.01. The van der Waals surface area contributed by atoms with Crippen molar-refractivity contribution in [2.45, 2.75) is 25.8 Å². The number of carbonyl (C=O) groups excluding carboxylic acids is 1. The number of nitrogens with two attached hydrogens (primary N) is 1. The van der Waals surface area contributed by atoms with Crippen LogP contribution < -0.4 is 5.73 Å². The lowest BCUT2D eigenvalue weighted by Crippen LogP contribution is -2.21. The van der Waals surface area contributed by atoms with E-state index in [4.69, 9.17) is 5.73 Å². The lowest BCUT2D eigenvalue weighted by atomic mass is 10.0. The molecule has 0 aliphatic rings. The highest BCUT2D eigenvalue weighted by atomic mass is 16.1. The number of rotatable bonds is 4. The summed E-state index contributed by atoms with van der Waals surface area (Å²) in [5.41, 5.74) is 8.04. The van der Waals surface area contributed by atoms with Gasteiger partial charge in [0.15, 0.2) is 0 Å². The van der Waals surface area contributed by atoms with E-state index in [1.54, 1.807) is 0 Å². The monoisotopic (exact) mass is 177 g/mol. The van der Waals surface area contributed by atoms with E-state index in [2.05, 4.69) is 19.1 Å². The summed E-state index contributed by atoms with van der Waals surface area (Å²) >= 11 is 0.